The smallest absolute Gasteiger partial charge is 0.0682 e. The van der Waals surface area contributed by atoms with Gasteiger partial charge in [0.1, 0.15) is 0 Å². The minimum absolute atomic E-state index is 0.849. The summed E-state index contributed by atoms with van der Waals surface area (Å²) >= 11 is 0. The largest absolute Gasteiger partial charge is 0.343 e. The molecule has 236 valence electrons. The van der Waals surface area contributed by atoms with Crippen molar-refractivity contribution >= 4 is 22.8 Å². The van der Waals surface area contributed by atoms with Crippen LogP contribution in [0.2, 0.25) is 0 Å². The Bertz CT molecular complexity index is 1760. The predicted molar refractivity (Wildman–Crippen MR) is 198 cm³/mol. The third kappa shape index (κ3) is 6.34. The first-order chi connectivity index (χ1) is 23.3. The number of rotatable bonds is 0. The lowest BCUT2D eigenvalue weighted by Gasteiger charge is -2.27. The Labute approximate surface area is 279 Å². The molecule has 0 fully saturated rings. The van der Waals surface area contributed by atoms with Crippen LogP contribution in [-0.4, -0.2) is 24.5 Å². The van der Waals surface area contributed by atoms with Crippen molar-refractivity contribution in [1.29, 1.82) is 0 Å². The quantitative estimate of drug-likeness (QED) is 0.173. The van der Waals surface area contributed by atoms with Crippen LogP contribution in [0.1, 0.15) is 84.7 Å². The fourth-order valence-electron chi connectivity index (χ4n) is 7.68. The summed E-state index contributed by atoms with van der Waals surface area (Å²) in [5, 5.41) is 0. The van der Waals surface area contributed by atoms with E-state index in [0.29, 0.717) is 0 Å². The van der Waals surface area contributed by atoms with Gasteiger partial charge in [0.15, 0.2) is 0 Å². The van der Waals surface area contributed by atoms with Crippen molar-refractivity contribution in [1.82, 2.24) is 0 Å². The molecule has 9 rings (SSSR count). The molecule has 0 N–H and O–H groups in total. The molecule has 5 aliphatic rings. The van der Waals surface area contributed by atoms with Crippen LogP contribution in [0.25, 0.3) is 11.1 Å². The van der Waals surface area contributed by atoms with Crippen LogP contribution in [0.15, 0.2) is 119 Å². The summed E-state index contributed by atoms with van der Waals surface area (Å²) in [5.41, 5.74) is 15.5. The number of benzene rings is 4. The molecule has 4 nitrogen and oxygen atoms in total. The number of hydrogen-bond acceptors (Lipinski definition) is 4. The van der Waals surface area contributed by atoms with Crippen molar-refractivity contribution in [3.63, 3.8) is 0 Å². The van der Waals surface area contributed by atoms with Gasteiger partial charge in [0.05, 0.1) is 22.8 Å². The highest BCUT2D eigenvalue weighted by molar-refractivity contribution is 6.14. The molecule has 0 unspecified atom stereocenters. The highest BCUT2D eigenvalue weighted by Gasteiger charge is 2.23. The average molecular weight is 617 g/mol. The van der Waals surface area contributed by atoms with E-state index in [1.807, 2.05) is 0 Å². The van der Waals surface area contributed by atoms with Gasteiger partial charge in [-0.2, -0.15) is 0 Å². The lowest BCUT2D eigenvalue weighted by atomic mass is 10.00. The van der Waals surface area contributed by atoms with Gasteiger partial charge in [-0.1, -0.05) is 111 Å². The van der Waals surface area contributed by atoms with Crippen LogP contribution in [0.3, 0.4) is 0 Å². The first-order valence-electron chi connectivity index (χ1n) is 17.7. The summed E-state index contributed by atoms with van der Waals surface area (Å²) in [7, 11) is 0. The normalized spacial score (nSPS) is 18.0. The molecule has 4 heteroatoms. The van der Waals surface area contributed by atoms with E-state index in [1.54, 1.807) is 0 Å². The van der Waals surface area contributed by atoms with E-state index in [1.165, 1.54) is 94.4 Å². The first kappa shape index (κ1) is 29.7. The number of para-hydroxylation sites is 2. The van der Waals surface area contributed by atoms with Gasteiger partial charge in [0, 0.05) is 49.7 Å². The van der Waals surface area contributed by atoms with Crippen LogP contribution in [0, 0.1) is 0 Å². The van der Waals surface area contributed by atoms with E-state index in [4.69, 9.17) is 9.98 Å². The van der Waals surface area contributed by atoms with Gasteiger partial charge in [-0.3, -0.25) is 9.98 Å². The van der Waals surface area contributed by atoms with E-state index >= 15 is 0 Å². The molecular weight excluding hydrogens is 573 g/mol. The second kappa shape index (κ2) is 13.6. The van der Waals surface area contributed by atoms with Crippen LogP contribution >= 0.6 is 0 Å². The first-order valence-corrected chi connectivity index (χ1v) is 17.7. The highest BCUT2D eigenvalue weighted by Crippen LogP contribution is 2.39. The second-order valence-corrected chi connectivity index (χ2v) is 13.4. The minimum atomic E-state index is 0.849. The topological polar surface area (TPSA) is 31.2 Å². The second-order valence-electron chi connectivity index (χ2n) is 13.4. The van der Waals surface area contributed by atoms with Crippen LogP contribution < -0.4 is 9.80 Å². The molecule has 0 aromatic heterocycles. The molecule has 0 saturated heterocycles. The van der Waals surface area contributed by atoms with Crippen LogP contribution in [0.4, 0.5) is 11.4 Å². The molecule has 0 atom stereocenters. The zero-order valence-electron chi connectivity index (χ0n) is 27.4. The molecule has 0 amide bonds. The van der Waals surface area contributed by atoms with Crippen LogP contribution in [0.5, 0.6) is 0 Å². The Balaban J connectivity index is 1.06. The zero-order valence-corrected chi connectivity index (χ0v) is 27.4. The van der Waals surface area contributed by atoms with Crippen molar-refractivity contribution in [2.24, 2.45) is 9.98 Å². The van der Waals surface area contributed by atoms with E-state index < -0.39 is 0 Å². The fourth-order valence-corrected chi connectivity index (χ4v) is 7.68. The Hall–Kier alpha value is -4.70. The van der Waals surface area contributed by atoms with Crippen molar-refractivity contribution in [2.45, 2.75) is 70.9 Å². The van der Waals surface area contributed by atoms with E-state index in [9.17, 15) is 0 Å². The van der Waals surface area contributed by atoms with Gasteiger partial charge < -0.3 is 9.80 Å². The van der Waals surface area contributed by atoms with E-state index in [-0.39, 0.29) is 0 Å². The fraction of sp³-hybridized carbons (Fsp3) is 0.302. The summed E-state index contributed by atoms with van der Waals surface area (Å²) in [6, 6.07) is 31.7. The zero-order chi connectivity index (χ0) is 31.4. The van der Waals surface area contributed by atoms with Gasteiger partial charge >= 0.3 is 0 Å². The van der Waals surface area contributed by atoms with Crippen LogP contribution in [-0.2, 0) is 19.5 Å². The monoisotopic (exact) mass is 616 g/mol. The lowest BCUT2D eigenvalue weighted by Crippen LogP contribution is -2.22. The standard InChI is InChI=1S/C43H44N4/c1-2-4-6-12-24-45-41-22-26-47(43-16-10-8-14-39(41)43)31-33-18-20-37-35(28-33)29-34-27-32(17-19-36(34)37)30-46-25-21-40(44-23-11-5-3-1)38-13-7-9-15-42(38)46/h7-10,13-22,25-28H,1-6,11-12,23-24,29-31H2. The number of fused-ring (bicyclic) bond motifs is 13. The molecule has 0 spiro atoms. The van der Waals surface area contributed by atoms with E-state index in [0.717, 1.165) is 56.9 Å². The predicted octanol–water partition coefficient (Wildman–Crippen LogP) is 10.0. The van der Waals surface area contributed by atoms with Gasteiger partial charge in [-0.15, -0.1) is 0 Å². The molecular formula is C43H44N4. The Morgan fingerprint density at radius 1 is 0.447 bits per heavy atom. The molecule has 4 aromatic carbocycles. The Morgan fingerprint density at radius 3 is 1.38 bits per heavy atom. The third-order valence-electron chi connectivity index (χ3n) is 10.2. The van der Waals surface area contributed by atoms with Gasteiger partial charge in [0.2, 0.25) is 0 Å². The summed E-state index contributed by atoms with van der Waals surface area (Å²) in [6.45, 7) is 3.50. The summed E-state index contributed by atoms with van der Waals surface area (Å²) in [4.78, 5) is 14.9. The molecule has 8 bridgehead atoms. The average Bonchev–Trinajstić information content (AvgIpc) is 3.47. The Kier molecular flexibility index (Phi) is 8.57. The van der Waals surface area contributed by atoms with Crippen molar-refractivity contribution in [3.05, 3.63) is 143 Å². The molecule has 1 aliphatic carbocycles. The molecule has 4 aliphatic heterocycles. The molecule has 47 heavy (non-hydrogen) atoms. The SMILES string of the molecule is C1=CN2Cc3ccc4c(c3)Cc3cc(ccc3-4)CN3C=CC(=NCCCCCCCCCCN=C1c1ccccc12)c1ccccc13. The van der Waals surface area contributed by atoms with Gasteiger partial charge in [-0.25, -0.2) is 0 Å². The summed E-state index contributed by atoms with van der Waals surface area (Å²) < 4.78 is 0. The molecule has 4 heterocycles. The Morgan fingerprint density at radius 2 is 0.894 bits per heavy atom. The third-order valence-corrected chi connectivity index (χ3v) is 10.2. The molecule has 4 aromatic rings. The summed E-state index contributed by atoms with van der Waals surface area (Å²) in [5.74, 6) is 0. The van der Waals surface area contributed by atoms with Crippen molar-refractivity contribution < 1.29 is 0 Å². The number of aliphatic imine (C=N–C) groups is 2. The van der Waals surface area contributed by atoms with Gasteiger partial charge in [0.25, 0.3) is 0 Å². The van der Waals surface area contributed by atoms with Gasteiger partial charge in [-0.05, 0) is 76.9 Å². The highest BCUT2D eigenvalue weighted by atomic mass is 15.1. The number of anilines is 2. The van der Waals surface area contributed by atoms with Crippen molar-refractivity contribution in [3.8, 4) is 11.1 Å². The maximum atomic E-state index is 5.05. The maximum absolute atomic E-state index is 5.05. The molecule has 0 saturated carbocycles. The molecule has 0 radical (unpaired) electrons. The van der Waals surface area contributed by atoms with E-state index in [2.05, 4.69) is 119 Å². The maximum Gasteiger partial charge on any atom is 0.0682 e. The number of hydrogen-bond donors (Lipinski definition) is 0. The van der Waals surface area contributed by atoms with Crippen molar-refractivity contribution in [2.75, 3.05) is 22.9 Å². The lowest BCUT2D eigenvalue weighted by molar-refractivity contribution is 0.573. The number of allylic oxidation sites excluding steroid dienone is 2. The number of nitrogens with zero attached hydrogens (tertiary/aromatic N) is 4. The summed E-state index contributed by atoms with van der Waals surface area (Å²) in [6.07, 6.45) is 20.0. The minimum Gasteiger partial charge on any atom is -0.343 e.